The van der Waals surface area contributed by atoms with Crippen molar-refractivity contribution < 1.29 is 0 Å². The summed E-state index contributed by atoms with van der Waals surface area (Å²) in [4.78, 5) is 0. The molecule has 0 saturated heterocycles. The fraction of sp³-hybridized carbons (Fsp3) is 1.00. The fourth-order valence-corrected chi connectivity index (χ4v) is 2.81. The fourth-order valence-electron chi connectivity index (χ4n) is 2.28. The molecule has 0 aliphatic heterocycles. The van der Waals surface area contributed by atoms with Crippen molar-refractivity contribution in [1.82, 2.24) is 0 Å². The molecule has 0 nitrogen and oxygen atoms in total. The highest BCUT2D eigenvalue weighted by atomic mass is 35.5. The Labute approximate surface area is 125 Å². The summed E-state index contributed by atoms with van der Waals surface area (Å²) in [6.07, 6.45) is 16.3. The largest absolute Gasteiger partial charge is 0.118 e. The van der Waals surface area contributed by atoms with Crippen molar-refractivity contribution in [2.24, 2.45) is 0 Å². The minimum atomic E-state index is -0.461. The first-order valence-electron chi connectivity index (χ1n) is 8.00. The van der Waals surface area contributed by atoms with Crippen LogP contribution in [0.3, 0.4) is 0 Å². The molecule has 0 heterocycles. The van der Waals surface area contributed by atoms with Crippen molar-refractivity contribution in [2.45, 2.75) is 102 Å². The molecule has 2 heteroatoms. The number of hydrogen-bond acceptors (Lipinski definition) is 0. The van der Waals surface area contributed by atoms with E-state index >= 15 is 0 Å². The third-order valence-electron chi connectivity index (χ3n) is 3.54. The molecule has 0 amide bonds. The molecule has 0 aliphatic carbocycles. The maximum Gasteiger partial charge on any atom is 0.118 e. The quantitative estimate of drug-likeness (QED) is 0.247. The van der Waals surface area contributed by atoms with Crippen LogP contribution in [0.1, 0.15) is 97.3 Å². The summed E-state index contributed by atoms with van der Waals surface area (Å²) in [6.45, 7) is 4.49. The van der Waals surface area contributed by atoms with Gasteiger partial charge < -0.3 is 0 Å². The number of rotatable bonds is 13. The number of halogens is 2. The van der Waals surface area contributed by atoms with Crippen LogP contribution in [0.4, 0.5) is 0 Å². The first kappa shape index (κ1) is 18.6. The Hall–Kier alpha value is 0.580. The van der Waals surface area contributed by atoms with Gasteiger partial charge in [-0.15, -0.1) is 23.2 Å². The van der Waals surface area contributed by atoms with Gasteiger partial charge in [0.05, 0.1) is 0 Å². The molecule has 0 saturated carbocycles. The summed E-state index contributed by atoms with van der Waals surface area (Å²) in [7, 11) is 0. The van der Waals surface area contributed by atoms with Gasteiger partial charge in [-0.3, -0.25) is 0 Å². The van der Waals surface area contributed by atoms with Crippen LogP contribution in [0.2, 0.25) is 0 Å². The molecule has 0 bridgehead atoms. The van der Waals surface area contributed by atoms with Crippen molar-refractivity contribution in [3.63, 3.8) is 0 Å². The molecule has 0 aromatic carbocycles. The summed E-state index contributed by atoms with van der Waals surface area (Å²) in [5, 5.41) is 0. The van der Waals surface area contributed by atoms with Crippen LogP contribution in [-0.4, -0.2) is 4.33 Å². The molecule has 0 aromatic rings. The number of alkyl halides is 2. The van der Waals surface area contributed by atoms with Crippen molar-refractivity contribution >= 4 is 23.2 Å². The molecule has 0 rings (SSSR count). The lowest BCUT2D eigenvalue weighted by Gasteiger charge is -2.19. The van der Waals surface area contributed by atoms with Crippen LogP contribution in [0.5, 0.6) is 0 Å². The highest BCUT2D eigenvalue weighted by Gasteiger charge is 2.22. The minimum Gasteiger partial charge on any atom is -0.102 e. The minimum absolute atomic E-state index is 0.461. The Kier molecular flexibility index (Phi) is 13.0. The standard InChI is InChI=1S/C16H32Cl2/c1-3-5-7-9-10-11-13-15-16(17,18)14-12-8-6-4-2/h3-15H2,1-2H3. The van der Waals surface area contributed by atoms with Gasteiger partial charge in [0.25, 0.3) is 0 Å². The molecule has 0 unspecified atom stereocenters. The van der Waals surface area contributed by atoms with Crippen LogP contribution < -0.4 is 0 Å². The van der Waals surface area contributed by atoms with Gasteiger partial charge in [-0.25, -0.2) is 0 Å². The second kappa shape index (κ2) is 12.6. The van der Waals surface area contributed by atoms with Gasteiger partial charge in [-0.1, -0.05) is 84.5 Å². The number of hydrogen-bond donors (Lipinski definition) is 0. The second-order valence-corrected chi connectivity index (χ2v) is 7.18. The third-order valence-corrected chi connectivity index (χ3v) is 4.30. The normalized spacial score (nSPS) is 12.0. The van der Waals surface area contributed by atoms with E-state index in [1.54, 1.807) is 0 Å². The van der Waals surface area contributed by atoms with Gasteiger partial charge in [0, 0.05) is 0 Å². The van der Waals surface area contributed by atoms with E-state index in [1.165, 1.54) is 70.6 Å². The first-order chi connectivity index (χ1) is 8.62. The van der Waals surface area contributed by atoms with Crippen molar-refractivity contribution in [2.75, 3.05) is 0 Å². The monoisotopic (exact) mass is 294 g/mol. The molecule has 0 atom stereocenters. The zero-order valence-electron chi connectivity index (χ0n) is 12.4. The van der Waals surface area contributed by atoms with Crippen LogP contribution in [0.15, 0.2) is 0 Å². The van der Waals surface area contributed by atoms with Gasteiger partial charge in [0.1, 0.15) is 4.33 Å². The van der Waals surface area contributed by atoms with E-state index in [1.807, 2.05) is 0 Å². The molecule has 18 heavy (non-hydrogen) atoms. The van der Waals surface area contributed by atoms with Crippen molar-refractivity contribution in [1.29, 1.82) is 0 Å². The Morgan fingerprint density at radius 2 is 0.889 bits per heavy atom. The Balaban J connectivity index is 3.34. The van der Waals surface area contributed by atoms with Crippen LogP contribution in [0.25, 0.3) is 0 Å². The Morgan fingerprint density at radius 1 is 0.556 bits per heavy atom. The Morgan fingerprint density at radius 3 is 1.33 bits per heavy atom. The van der Waals surface area contributed by atoms with Gasteiger partial charge in [0.15, 0.2) is 0 Å². The van der Waals surface area contributed by atoms with Crippen molar-refractivity contribution in [3.8, 4) is 0 Å². The summed E-state index contributed by atoms with van der Waals surface area (Å²) >= 11 is 12.7. The van der Waals surface area contributed by atoms with Gasteiger partial charge in [-0.05, 0) is 12.8 Å². The van der Waals surface area contributed by atoms with E-state index in [4.69, 9.17) is 23.2 Å². The van der Waals surface area contributed by atoms with E-state index in [0.717, 1.165) is 12.8 Å². The predicted octanol–water partition coefficient (Wildman–Crippen LogP) is 7.27. The third kappa shape index (κ3) is 13.0. The van der Waals surface area contributed by atoms with E-state index in [0.29, 0.717) is 0 Å². The zero-order chi connectivity index (χ0) is 13.7. The molecule has 0 aliphatic rings. The lowest BCUT2D eigenvalue weighted by molar-refractivity contribution is 0.519. The highest BCUT2D eigenvalue weighted by molar-refractivity contribution is 6.48. The summed E-state index contributed by atoms with van der Waals surface area (Å²) in [6, 6.07) is 0. The van der Waals surface area contributed by atoms with Crippen molar-refractivity contribution in [3.05, 3.63) is 0 Å². The molecule has 0 radical (unpaired) electrons. The second-order valence-electron chi connectivity index (χ2n) is 5.54. The summed E-state index contributed by atoms with van der Waals surface area (Å²) in [5.74, 6) is 0. The Bertz CT molecular complexity index is 166. The maximum absolute atomic E-state index is 6.34. The smallest absolute Gasteiger partial charge is 0.102 e. The summed E-state index contributed by atoms with van der Waals surface area (Å²) in [5.41, 5.74) is 0. The van der Waals surface area contributed by atoms with Crippen LogP contribution >= 0.6 is 23.2 Å². The average molecular weight is 295 g/mol. The molecule has 110 valence electrons. The first-order valence-corrected chi connectivity index (χ1v) is 8.76. The average Bonchev–Trinajstić information content (AvgIpc) is 2.34. The molecule has 0 aromatic heterocycles. The van der Waals surface area contributed by atoms with E-state index in [9.17, 15) is 0 Å². The SMILES string of the molecule is CCCCCCCCCC(Cl)(Cl)CCCCCC. The van der Waals surface area contributed by atoms with E-state index < -0.39 is 4.33 Å². The maximum atomic E-state index is 6.34. The molecular formula is C16H32Cl2. The van der Waals surface area contributed by atoms with Crippen LogP contribution in [-0.2, 0) is 0 Å². The van der Waals surface area contributed by atoms with Gasteiger partial charge in [0.2, 0.25) is 0 Å². The highest BCUT2D eigenvalue weighted by Crippen LogP contribution is 2.33. The lowest BCUT2D eigenvalue weighted by atomic mass is 10.0. The van der Waals surface area contributed by atoms with Crippen LogP contribution in [0, 0.1) is 0 Å². The van der Waals surface area contributed by atoms with Gasteiger partial charge >= 0.3 is 0 Å². The summed E-state index contributed by atoms with van der Waals surface area (Å²) < 4.78 is -0.461. The zero-order valence-corrected chi connectivity index (χ0v) is 14.0. The molecule has 0 N–H and O–H groups in total. The molecule has 0 fully saturated rings. The van der Waals surface area contributed by atoms with E-state index in [-0.39, 0.29) is 0 Å². The number of unbranched alkanes of at least 4 members (excludes halogenated alkanes) is 9. The van der Waals surface area contributed by atoms with E-state index in [2.05, 4.69) is 13.8 Å². The topological polar surface area (TPSA) is 0 Å². The molecule has 0 spiro atoms. The lowest BCUT2D eigenvalue weighted by Crippen LogP contribution is -2.12. The molecular weight excluding hydrogens is 263 g/mol. The predicted molar refractivity (Wildman–Crippen MR) is 85.8 cm³/mol. The van der Waals surface area contributed by atoms with Gasteiger partial charge in [-0.2, -0.15) is 0 Å².